The van der Waals surface area contributed by atoms with E-state index in [1.807, 2.05) is 0 Å². The first-order valence-electron chi connectivity index (χ1n) is 6.91. The summed E-state index contributed by atoms with van der Waals surface area (Å²) in [4.78, 5) is 17.6. The van der Waals surface area contributed by atoms with Gasteiger partial charge in [-0.25, -0.2) is 14.1 Å². The van der Waals surface area contributed by atoms with E-state index in [2.05, 4.69) is 10.1 Å². The van der Waals surface area contributed by atoms with Gasteiger partial charge in [-0.15, -0.1) is 5.10 Å². The van der Waals surface area contributed by atoms with Crippen LogP contribution in [0.5, 0.6) is 0 Å². The molecule has 0 saturated carbocycles. The summed E-state index contributed by atoms with van der Waals surface area (Å²) >= 11 is 0. The van der Waals surface area contributed by atoms with Crippen molar-refractivity contribution in [3.05, 3.63) is 41.7 Å². The summed E-state index contributed by atoms with van der Waals surface area (Å²) in [5.41, 5.74) is 0.310. The molecular formula is C15H19FN4O2. The van der Waals surface area contributed by atoms with Crippen LogP contribution in [0, 0.1) is 5.82 Å². The molecule has 0 spiro atoms. The van der Waals surface area contributed by atoms with Crippen LogP contribution in [0.25, 0.3) is 5.69 Å². The lowest BCUT2D eigenvalue weighted by atomic mass is 10.2. The van der Waals surface area contributed by atoms with Gasteiger partial charge in [-0.1, -0.05) is 12.1 Å². The first-order chi connectivity index (χ1) is 10.5. The van der Waals surface area contributed by atoms with Gasteiger partial charge >= 0.3 is 0 Å². The second-order valence-electron chi connectivity index (χ2n) is 5.03. The maximum Gasteiger partial charge on any atom is 0.222 e. The molecule has 2 rings (SSSR count). The zero-order chi connectivity index (χ0) is 16.1. The Balaban J connectivity index is 2.31. The molecule has 0 radical (unpaired) electrons. The number of ether oxygens (including phenoxy) is 1. The number of aromatic nitrogens is 3. The average molecular weight is 306 g/mol. The normalized spacial score (nSPS) is 10.7. The lowest BCUT2D eigenvalue weighted by molar-refractivity contribution is -0.128. The number of amides is 1. The number of carbonyl (C=O) groups excluding carboxylic acids is 1. The highest BCUT2D eigenvalue weighted by Crippen LogP contribution is 2.15. The molecule has 1 heterocycles. The summed E-state index contributed by atoms with van der Waals surface area (Å²) in [6, 6.07) is 6.32. The van der Waals surface area contributed by atoms with Crippen molar-refractivity contribution in [2.75, 3.05) is 21.2 Å². The third kappa shape index (κ3) is 3.67. The molecule has 0 N–H and O–H groups in total. The summed E-state index contributed by atoms with van der Waals surface area (Å²) in [5, 5.41) is 4.27. The van der Waals surface area contributed by atoms with Crippen molar-refractivity contribution in [1.29, 1.82) is 0 Å². The standard InChI is InChI=1S/C15H19FN4O2/c1-19(2)15(21)9-8-14-17-13(10-22-3)18-20(14)12-7-5-4-6-11(12)16/h4-7H,8-10H2,1-3H3. The van der Waals surface area contributed by atoms with E-state index < -0.39 is 5.82 Å². The van der Waals surface area contributed by atoms with Gasteiger partial charge in [0, 0.05) is 34.0 Å². The first-order valence-corrected chi connectivity index (χ1v) is 6.91. The van der Waals surface area contributed by atoms with Crippen molar-refractivity contribution in [1.82, 2.24) is 19.7 Å². The van der Waals surface area contributed by atoms with Crippen LogP contribution in [0.2, 0.25) is 0 Å². The van der Waals surface area contributed by atoms with E-state index in [9.17, 15) is 9.18 Å². The minimum absolute atomic E-state index is 0.0172. The second kappa shape index (κ2) is 7.13. The fourth-order valence-electron chi connectivity index (χ4n) is 2.00. The van der Waals surface area contributed by atoms with Gasteiger partial charge in [-0.3, -0.25) is 4.79 Å². The second-order valence-corrected chi connectivity index (χ2v) is 5.03. The number of halogens is 1. The SMILES string of the molecule is COCc1nc(CCC(=O)N(C)C)n(-c2ccccc2F)n1. The highest BCUT2D eigenvalue weighted by atomic mass is 19.1. The molecule has 6 nitrogen and oxygen atoms in total. The third-order valence-electron chi connectivity index (χ3n) is 3.13. The molecule has 22 heavy (non-hydrogen) atoms. The van der Waals surface area contributed by atoms with Crippen molar-refractivity contribution in [3.63, 3.8) is 0 Å². The number of hydrogen-bond donors (Lipinski definition) is 0. The molecule has 1 aromatic heterocycles. The smallest absolute Gasteiger partial charge is 0.222 e. The predicted octanol–water partition coefficient (Wildman–Crippen LogP) is 1.57. The summed E-state index contributed by atoms with van der Waals surface area (Å²) in [6.45, 7) is 0.232. The van der Waals surface area contributed by atoms with E-state index in [0.717, 1.165) is 0 Å². The van der Waals surface area contributed by atoms with Gasteiger partial charge in [-0.2, -0.15) is 0 Å². The van der Waals surface area contributed by atoms with E-state index in [4.69, 9.17) is 4.74 Å². The molecule has 0 unspecified atom stereocenters. The highest BCUT2D eigenvalue weighted by molar-refractivity contribution is 5.75. The van der Waals surface area contributed by atoms with E-state index >= 15 is 0 Å². The number of benzene rings is 1. The third-order valence-corrected chi connectivity index (χ3v) is 3.13. The van der Waals surface area contributed by atoms with Gasteiger partial charge in [-0.05, 0) is 12.1 Å². The van der Waals surface area contributed by atoms with Crippen LogP contribution >= 0.6 is 0 Å². The summed E-state index contributed by atoms with van der Waals surface area (Å²) < 4.78 is 20.4. The Morgan fingerprint density at radius 3 is 2.73 bits per heavy atom. The molecule has 0 fully saturated rings. The van der Waals surface area contributed by atoms with Crippen LogP contribution in [0.15, 0.2) is 24.3 Å². The van der Waals surface area contributed by atoms with Gasteiger partial charge in [0.05, 0.1) is 0 Å². The van der Waals surface area contributed by atoms with Crippen molar-refractivity contribution in [3.8, 4) is 5.69 Å². The molecule has 0 aliphatic rings. The summed E-state index contributed by atoms with van der Waals surface area (Å²) in [6.07, 6.45) is 0.661. The fraction of sp³-hybridized carbons (Fsp3) is 0.400. The zero-order valence-electron chi connectivity index (χ0n) is 12.9. The Hall–Kier alpha value is -2.28. The molecule has 1 amide bonds. The Morgan fingerprint density at radius 1 is 1.36 bits per heavy atom. The molecule has 0 saturated heterocycles. The van der Waals surface area contributed by atoms with Gasteiger partial charge in [0.1, 0.15) is 23.9 Å². The molecule has 0 atom stereocenters. The topological polar surface area (TPSA) is 60.2 Å². The Labute approximate surface area is 128 Å². The van der Waals surface area contributed by atoms with Crippen LogP contribution in [0.1, 0.15) is 18.1 Å². The number of carbonyl (C=O) groups is 1. The molecule has 0 aliphatic carbocycles. The van der Waals surface area contributed by atoms with Crippen molar-refractivity contribution < 1.29 is 13.9 Å². The molecule has 118 valence electrons. The van der Waals surface area contributed by atoms with Crippen molar-refractivity contribution >= 4 is 5.91 Å². The van der Waals surface area contributed by atoms with E-state index in [-0.39, 0.29) is 18.9 Å². The van der Waals surface area contributed by atoms with E-state index in [0.29, 0.717) is 23.8 Å². The number of nitrogens with zero attached hydrogens (tertiary/aromatic N) is 4. The molecule has 1 aromatic carbocycles. The van der Waals surface area contributed by atoms with E-state index in [1.54, 1.807) is 39.4 Å². The molecule has 7 heteroatoms. The maximum atomic E-state index is 14.0. The first kappa shape index (κ1) is 16.1. The number of methoxy groups -OCH3 is 1. The average Bonchev–Trinajstić information content (AvgIpc) is 2.88. The monoisotopic (exact) mass is 306 g/mol. The Kier molecular flexibility index (Phi) is 5.21. The van der Waals surface area contributed by atoms with Crippen LogP contribution < -0.4 is 0 Å². The minimum Gasteiger partial charge on any atom is -0.377 e. The highest BCUT2D eigenvalue weighted by Gasteiger charge is 2.16. The molecular weight excluding hydrogens is 287 g/mol. The summed E-state index contributed by atoms with van der Waals surface area (Å²) in [5.74, 6) is 0.582. The Bertz CT molecular complexity index is 655. The zero-order valence-corrected chi connectivity index (χ0v) is 12.9. The maximum absolute atomic E-state index is 14.0. The largest absolute Gasteiger partial charge is 0.377 e. The molecule has 0 aliphatic heterocycles. The number of para-hydroxylation sites is 1. The van der Waals surface area contributed by atoms with Crippen LogP contribution in [-0.4, -0.2) is 46.8 Å². The molecule has 0 bridgehead atoms. The van der Waals surface area contributed by atoms with Gasteiger partial charge < -0.3 is 9.64 Å². The fourth-order valence-corrected chi connectivity index (χ4v) is 2.00. The van der Waals surface area contributed by atoms with Gasteiger partial charge in [0.15, 0.2) is 5.82 Å². The number of aryl methyl sites for hydroxylation is 1. The minimum atomic E-state index is -0.392. The quantitative estimate of drug-likeness (QED) is 0.813. The van der Waals surface area contributed by atoms with Gasteiger partial charge in [0.2, 0.25) is 5.91 Å². The van der Waals surface area contributed by atoms with Gasteiger partial charge in [0.25, 0.3) is 0 Å². The van der Waals surface area contributed by atoms with E-state index in [1.165, 1.54) is 15.6 Å². The van der Waals surface area contributed by atoms with Crippen LogP contribution in [0.4, 0.5) is 4.39 Å². The van der Waals surface area contributed by atoms with Crippen molar-refractivity contribution in [2.45, 2.75) is 19.4 Å². The van der Waals surface area contributed by atoms with Crippen LogP contribution in [-0.2, 0) is 22.6 Å². The Morgan fingerprint density at radius 2 is 2.09 bits per heavy atom. The lowest BCUT2D eigenvalue weighted by Crippen LogP contribution is -2.22. The molecule has 2 aromatic rings. The number of rotatable bonds is 6. The number of hydrogen-bond acceptors (Lipinski definition) is 4. The summed E-state index contributed by atoms with van der Waals surface area (Å²) in [7, 11) is 4.93. The van der Waals surface area contributed by atoms with Crippen molar-refractivity contribution in [2.24, 2.45) is 0 Å². The van der Waals surface area contributed by atoms with Crippen LogP contribution in [0.3, 0.4) is 0 Å². The lowest BCUT2D eigenvalue weighted by Gasteiger charge is -2.10. The predicted molar refractivity (Wildman–Crippen MR) is 79.0 cm³/mol.